The Morgan fingerprint density at radius 1 is 1.30 bits per heavy atom. The van der Waals surface area contributed by atoms with E-state index in [0.29, 0.717) is 17.9 Å². The van der Waals surface area contributed by atoms with Crippen molar-refractivity contribution in [3.63, 3.8) is 0 Å². The van der Waals surface area contributed by atoms with E-state index in [9.17, 15) is 10.1 Å². The molecule has 1 aromatic carbocycles. The number of nitrogens with zero attached hydrogens (tertiary/aromatic N) is 3. The molecule has 3 rings (SSSR count). The molecule has 27 heavy (non-hydrogen) atoms. The summed E-state index contributed by atoms with van der Waals surface area (Å²) in [7, 11) is 1.62. The lowest BCUT2D eigenvalue weighted by Gasteiger charge is -2.48. The maximum atomic E-state index is 12.7. The second-order valence-electron chi connectivity index (χ2n) is 7.61. The number of carbonyl (C=O) groups is 1. The van der Waals surface area contributed by atoms with Crippen molar-refractivity contribution in [1.29, 1.82) is 5.26 Å². The van der Waals surface area contributed by atoms with E-state index >= 15 is 0 Å². The quantitative estimate of drug-likeness (QED) is 0.880. The first-order valence-electron chi connectivity index (χ1n) is 9.10. The molecule has 0 aliphatic carbocycles. The molecule has 142 valence electrons. The summed E-state index contributed by atoms with van der Waals surface area (Å²) in [4.78, 5) is 14.8. The number of nitriles is 1. The number of hydrogen-bond donors (Lipinski definition) is 1. The van der Waals surface area contributed by atoms with Crippen LogP contribution in [-0.2, 0) is 4.79 Å². The number of likely N-dealkylation sites (tertiary alicyclic amines) is 1. The number of carbonyl (C=O) groups excluding carboxylic acids is 1. The van der Waals surface area contributed by atoms with Crippen molar-refractivity contribution in [3.8, 4) is 17.5 Å². The Hall–Kier alpha value is -2.78. The number of anilines is 1. The molecule has 1 aliphatic heterocycles. The largest absolute Gasteiger partial charge is 0.497 e. The SMILES string of the molecule is COc1ccc(-n2c(C)c(C)c(C#N)c2NC(=O)CN2CCC2(C)C)cc1. The van der Waals surface area contributed by atoms with E-state index in [1.807, 2.05) is 42.7 Å². The normalized spacial score (nSPS) is 15.7. The number of ether oxygens (including phenoxy) is 1. The molecule has 0 saturated carbocycles. The van der Waals surface area contributed by atoms with Gasteiger partial charge < -0.3 is 10.1 Å². The summed E-state index contributed by atoms with van der Waals surface area (Å²) in [5.74, 6) is 1.18. The second kappa shape index (κ2) is 7.09. The zero-order chi connectivity index (χ0) is 19.8. The summed E-state index contributed by atoms with van der Waals surface area (Å²) in [6, 6.07) is 9.81. The molecule has 1 fully saturated rings. The summed E-state index contributed by atoms with van der Waals surface area (Å²) in [6.07, 6.45) is 1.09. The topological polar surface area (TPSA) is 70.3 Å². The van der Waals surface area contributed by atoms with Gasteiger partial charge in [0.2, 0.25) is 5.91 Å². The van der Waals surface area contributed by atoms with E-state index in [4.69, 9.17) is 4.74 Å². The Kier molecular flexibility index (Phi) is 4.99. The van der Waals surface area contributed by atoms with E-state index in [-0.39, 0.29) is 11.4 Å². The van der Waals surface area contributed by atoms with Gasteiger partial charge in [0.25, 0.3) is 0 Å². The van der Waals surface area contributed by atoms with Crippen molar-refractivity contribution >= 4 is 11.7 Å². The van der Waals surface area contributed by atoms with Crippen LogP contribution in [0.2, 0.25) is 0 Å². The predicted octanol–water partition coefficient (Wildman–Crippen LogP) is 3.40. The average Bonchev–Trinajstić information content (AvgIpc) is 2.88. The van der Waals surface area contributed by atoms with E-state index in [2.05, 4.69) is 30.1 Å². The molecule has 0 spiro atoms. The molecule has 0 atom stereocenters. The van der Waals surface area contributed by atoms with Crippen LogP contribution in [0, 0.1) is 25.2 Å². The molecular formula is C21H26N4O2. The molecule has 0 radical (unpaired) electrons. The molecular weight excluding hydrogens is 340 g/mol. The third-order valence-corrected chi connectivity index (χ3v) is 5.60. The Bertz CT molecular complexity index is 904. The average molecular weight is 366 g/mol. The van der Waals surface area contributed by atoms with Crippen LogP contribution in [0.5, 0.6) is 5.75 Å². The Balaban J connectivity index is 1.94. The van der Waals surface area contributed by atoms with Crippen molar-refractivity contribution in [2.24, 2.45) is 0 Å². The summed E-state index contributed by atoms with van der Waals surface area (Å²) >= 11 is 0. The number of amides is 1. The zero-order valence-electron chi connectivity index (χ0n) is 16.6. The van der Waals surface area contributed by atoms with Gasteiger partial charge in [-0.15, -0.1) is 0 Å². The standard InChI is InChI=1S/C21H26N4O2/c1-14-15(2)25(16-6-8-17(27-5)9-7-16)20(18(14)12-22)23-19(26)13-24-11-10-21(24,3)4/h6-9H,10-11,13H2,1-5H3,(H,23,26). The molecule has 6 heteroatoms. The third-order valence-electron chi connectivity index (χ3n) is 5.60. The highest BCUT2D eigenvalue weighted by molar-refractivity contribution is 5.93. The highest BCUT2D eigenvalue weighted by atomic mass is 16.5. The number of methoxy groups -OCH3 is 1. The van der Waals surface area contributed by atoms with Crippen LogP contribution in [-0.4, -0.2) is 41.1 Å². The van der Waals surface area contributed by atoms with Gasteiger partial charge in [-0.2, -0.15) is 5.26 Å². The van der Waals surface area contributed by atoms with Crippen LogP contribution >= 0.6 is 0 Å². The Morgan fingerprint density at radius 2 is 1.96 bits per heavy atom. The lowest BCUT2D eigenvalue weighted by atomic mass is 9.89. The molecule has 1 amide bonds. The second-order valence-corrected chi connectivity index (χ2v) is 7.61. The van der Waals surface area contributed by atoms with Gasteiger partial charge in [-0.1, -0.05) is 0 Å². The summed E-state index contributed by atoms with van der Waals surface area (Å²) in [5, 5.41) is 12.6. The van der Waals surface area contributed by atoms with Gasteiger partial charge in [-0.05, 0) is 63.9 Å². The fraction of sp³-hybridized carbons (Fsp3) is 0.429. The first-order valence-corrected chi connectivity index (χ1v) is 9.10. The van der Waals surface area contributed by atoms with Crippen LogP contribution in [0.25, 0.3) is 5.69 Å². The minimum absolute atomic E-state index is 0.0548. The van der Waals surface area contributed by atoms with E-state index in [0.717, 1.165) is 35.7 Å². The molecule has 1 N–H and O–H groups in total. The van der Waals surface area contributed by atoms with Crippen molar-refractivity contribution in [2.45, 2.75) is 39.7 Å². The predicted molar refractivity (Wildman–Crippen MR) is 105 cm³/mol. The number of benzene rings is 1. The molecule has 0 unspecified atom stereocenters. The minimum atomic E-state index is -0.105. The van der Waals surface area contributed by atoms with Crippen LogP contribution < -0.4 is 10.1 Å². The fourth-order valence-corrected chi connectivity index (χ4v) is 3.47. The van der Waals surface area contributed by atoms with E-state index in [1.165, 1.54) is 0 Å². The maximum Gasteiger partial charge on any atom is 0.239 e. The van der Waals surface area contributed by atoms with E-state index in [1.54, 1.807) is 7.11 Å². The van der Waals surface area contributed by atoms with Crippen LogP contribution in [0.3, 0.4) is 0 Å². The van der Waals surface area contributed by atoms with Gasteiger partial charge in [-0.25, -0.2) is 0 Å². The smallest absolute Gasteiger partial charge is 0.239 e. The number of rotatable bonds is 5. The van der Waals surface area contributed by atoms with Gasteiger partial charge >= 0.3 is 0 Å². The van der Waals surface area contributed by atoms with Gasteiger partial charge in [-0.3, -0.25) is 14.3 Å². The molecule has 1 saturated heterocycles. The Labute approximate surface area is 160 Å². The van der Waals surface area contributed by atoms with Gasteiger partial charge in [0.05, 0.1) is 19.2 Å². The molecule has 2 aromatic rings. The van der Waals surface area contributed by atoms with Crippen molar-refractivity contribution in [3.05, 3.63) is 41.1 Å². The van der Waals surface area contributed by atoms with Crippen LogP contribution in [0.1, 0.15) is 37.1 Å². The van der Waals surface area contributed by atoms with Gasteiger partial charge in [0.1, 0.15) is 17.6 Å². The molecule has 0 bridgehead atoms. The number of hydrogen-bond acceptors (Lipinski definition) is 4. The maximum absolute atomic E-state index is 12.7. The fourth-order valence-electron chi connectivity index (χ4n) is 3.47. The highest BCUT2D eigenvalue weighted by Gasteiger charge is 2.36. The van der Waals surface area contributed by atoms with Crippen LogP contribution in [0.15, 0.2) is 24.3 Å². The molecule has 1 aromatic heterocycles. The summed E-state index contributed by atoms with van der Waals surface area (Å²) < 4.78 is 7.15. The number of aromatic nitrogens is 1. The number of nitrogens with one attached hydrogen (secondary N) is 1. The summed E-state index contributed by atoms with van der Waals surface area (Å²) in [6.45, 7) is 9.38. The molecule has 6 nitrogen and oxygen atoms in total. The summed E-state index contributed by atoms with van der Waals surface area (Å²) in [5.41, 5.74) is 3.22. The monoisotopic (exact) mass is 366 g/mol. The zero-order valence-corrected chi connectivity index (χ0v) is 16.6. The van der Waals surface area contributed by atoms with Crippen molar-refractivity contribution < 1.29 is 9.53 Å². The van der Waals surface area contributed by atoms with Crippen molar-refractivity contribution in [1.82, 2.24) is 9.47 Å². The highest BCUT2D eigenvalue weighted by Crippen LogP contribution is 2.32. The van der Waals surface area contributed by atoms with Crippen LogP contribution in [0.4, 0.5) is 5.82 Å². The third kappa shape index (κ3) is 3.43. The minimum Gasteiger partial charge on any atom is -0.497 e. The first kappa shape index (κ1) is 19.0. The van der Waals surface area contributed by atoms with E-state index < -0.39 is 0 Å². The van der Waals surface area contributed by atoms with Gasteiger partial charge in [0, 0.05) is 23.5 Å². The Morgan fingerprint density at radius 3 is 2.44 bits per heavy atom. The van der Waals surface area contributed by atoms with Crippen molar-refractivity contribution in [2.75, 3.05) is 25.5 Å². The lowest BCUT2D eigenvalue weighted by Crippen LogP contribution is -2.57. The first-order chi connectivity index (χ1) is 12.8. The lowest BCUT2D eigenvalue weighted by molar-refractivity contribution is -0.121. The van der Waals surface area contributed by atoms with Gasteiger partial charge in [0.15, 0.2) is 0 Å². The molecule has 1 aliphatic rings. The molecule has 2 heterocycles.